The molecule has 2 amide bonds. The Balaban J connectivity index is 1.60. The number of para-hydroxylation sites is 2. The normalized spacial score (nSPS) is 10.5. The average Bonchev–Trinajstić information content (AvgIpc) is 3.02. The number of hydrogen-bond acceptors (Lipinski definition) is 5. The number of carbonyl (C=O) groups is 2. The van der Waals surface area contributed by atoms with Gasteiger partial charge < -0.3 is 15.1 Å². The van der Waals surface area contributed by atoms with Gasteiger partial charge in [-0.1, -0.05) is 30.0 Å². The smallest absolute Gasteiger partial charge is 0.257 e. The van der Waals surface area contributed by atoms with E-state index in [9.17, 15) is 9.59 Å². The van der Waals surface area contributed by atoms with E-state index in [4.69, 9.17) is 4.42 Å². The van der Waals surface area contributed by atoms with Crippen LogP contribution >= 0.6 is 11.8 Å². The molecule has 7 heteroatoms. The highest BCUT2D eigenvalue weighted by atomic mass is 32.2. The number of fused-ring (bicyclic) bond motifs is 1. The first-order valence-corrected chi connectivity index (χ1v) is 8.24. The Hall–Kier alpha value is -2.80. The van der Waals surface area contributed by atoms with E-state index < -0.39 is 0 Å². The third kappa shape index (κ3) is 3.75. The molecule has 0 aliphatic heterocycles. The van der Waals surface area contributed by atoms with E-state index >= 15 is 0 Å². The maximum atomic E-state index is 12.0. The average molecular weight is 341 g/mol. The third-order valence-corrected chi connectivity index (χ3v) is 4.06. The van der Waals surface area contributed by atoms with E-state index in [2.05, 4.69) is 15.6 Å². The second-order valence-electron chi connectivity index (χ2n) is 4.94. The van der Waals surface area contributed by atoms with E-state index in [1.807, 2.05) is 24.3 Å². The summed E-state index contributed by atoms with van der Waals surface area (Å²) >= 11 is 1.22. The van der Waals surface area contributed by atoms with Crippen molar-refractivity contribution in [3.05, 3.63) is 54.1 Å². The molecule has 0 fully saturated rings. The number of rotatable bonds is 5. The van der Waals surface area contributed by atoms with Gasteiger partial charge in [0.15, 0.2) is 5.58 Å². The molecule has 24 heavy (non-hydrogen) atoms. The summed E-state index contributed by atoms with van der Waals surface area (Å²) in [5.74, 6) is -0.236. The standard InChI is InChI=1S/C17H15N3O3S/c1-18-16(22)11-5-4-6-12(9-11)19-15(21)10-24-17-20-13-7-2-3-8-14(13)23-17/h2-9H,10H2,1H3,(H,18,22)(H,19,21). The highest BCUT2D eigenvalue weighted by molar-refractivity contribution is 7.99. The minimum atomic E-state index is -0.202. The van der Waals surface area contributed by atoms with Crippen molar-refractivity contribution in [2.24, 2.45) is 0 Å². The van der Waals surface area contributed by atoms with E-state index in [-0.39, 0.29) is 17.6 Å². The Labute approximate surface area is 142 Å². The number of anilines is 1. The molecule has 0 atom stereocenters. The fraction of sp³-hybridized carbons (Fsp3) is 0.118. The van der Waals surface area contributed by atoms with Gasteiger partial charge in [0.1, 0.15) is 5.52 Å². The monoisotopic (exact) mass is 341 g/mol. The van der Waals surface area contributed by atoms with Crippen molar-refractivity contribution >= 4 is 40.4 Å². The van der Waals surface area contributed by atoms with Crippen LogP contribution in [0.3, 0.4) is 0 Å². The van der Waals surface area contributed by atoms with Crippen molar-refractivity contribution in [2.45, 2.75) is 5.22 Å². The number of carbonyl (C=O) groups excluding carboxylic acids is 2. The van der Waals surface area contributed by atoms with Gasteiger partial charge in [0, 0.05) is 18.3 Å². The lowest BCUT2D eigenvalue weighted by Crippen LogP contribution is -2.18. The van der Waals surface area contributed by atoms with Gasteiger partial charge in [0.05, 0.1) is 5.75 Å². The van der Waals surface area contributed by atoms with Crippen LogP contribution < -0.4 is 10.6 Å². The second kappa shape index (κ2) is 7.18. The highest BCUT2D eigenvalue weighted by Gasteiger charge is 2.10. The fourth-order valence-corrected chi connectivity index (χ4v) is 2.76. The zero-order chi connectivity index (χ0) is 16.9. The molecule has 3 aromatic rings. The SMILES string of the molecule is CNC(=O)c1cccc(NC(=O)CSc2nc3ccccc3o2)c1. The van der Waals surface area contributed by atoms with Crippen molar-refractivity contribution < 1.29 is 14.0 Å². The summed E-state index contributed by atoms with van der Waals surface area (Å²) in [7, 11) is 1.56. The van der Waals surface area contributed by atoms with Crippen LogP contribution in [0, 0.1) is 0 Å². The predicted octanol–water partition coefficient (Wildman–Crippen LogP) is 2.92. The van der Waals surface area contributed by atoms with Crippen molar-refractivity contribution in [2.75, 3.05) is 18.1 Å². The first-order chi connectivity index (χ1) is 11.7. The molecule has 0 unspecified atom stereocenters. The Morgan fingerprint density at radius 2 is 2.00 bits per heavy atom. The van der Waals surface area contributed by atoms with Crippen LogP contribution in [0.1, 0.15) is 10.4 Å². The lowest BCUT2D eigenvalue weighted by molar-refractivity contribution is -0.113. The lowest BCUT2D eigenvalue weighted by atomic mass is 10.2. The molecule has 0 saturated carbocycles. The summed E-state index contributed by atoms with van der Waals surface area (Å²) in [5, 5.41) is 5.75. The van der Waals surface area contributed by atoms with Crippen LogP contribution in [-0.2, 0) is 4.79 Å². The molecule has 2 N–H and O–H groups in total. The topological polar surface area (TPSA) is 84.2 Å². The second-order valence-corrected chi connectivity index (χ2v) is 5.87. The summed E-state index contributed by atoms with van der Waals surface area (Å²) < 4.78 is 5.55. The zero-order valence-corrected chi connectivity index (χ0v) is 13.7. The van der Waals surface area contributed by atoms with Gasteiger partial charge in [-0.15, -0.1) is 0 Å². The fourth-order valence-electron chi connectivity index (χ4n) is 2.12. The number of aromatic nitrogens is 1. The van der Waals surface area contributed by atoms with Gasteiger partial charge in [-0.2, -0.15) is 0 Å². The molecule has 1 aromatic heterocycles. The molecule has 0 bridgehead atoms. The zero-order valence-electron chi connectivity index (χ0n) is 12.9. The van der Waals surface area contributed by atoms with Crippen LogP contribution in [-0.4, -0.2) is 29.6 Å². The minimum Gasteiger partial charge on any atom is -0.431 e. The maximum Gasteiger partial charge on any atom is 0.257 e. The quantitative estimate of drug-likeness (QED) is 0.697. The number of nitrogens with zero attached hydrogens (tertiary/aromatic N) is 1. The van der Waals surface area contributed by atoms with Crippen LogP contribution in [0.2, 0.25) is 0 Å². The van der Waals surface area contributed by atoms with Crippen LogP contribution in [0.5, 0.6) is 0 Å². The van der Waals surface area contributed by atoms with Gasteiger partial charge >= 0.3 is 0 Å². The molecule has 0 spiro atoms. The number of amides is 2. The first-order valence-electron chi connectivity index (χ1n) is 7.26. The molecular weight excluding hydrogens is 326 g/mol. The summed E-state index contributed by atoms with van der Waals surface area (Å²) in [6.45, 7) is 0. The Bertz CT molecular complexity index is 858. The number of thioether (sulfide) groups is 1. The highest BCUT2D eigenvalue weighted by Crippen LogP contribution is 2.23. The van der Waals surface area contributed by atoms with Gasteiger partial charge in [0.25, 0.3) is 11.1 Å². The molecule has 0 radical (unpaired) electrons. The number of benzene rings is 2. The van der Waals surface area contributed by atoms with Gasteiger partial charge in [0.2, 0.25) is 5.91 Å². The van der Waals surface area contributed by atoms with Gasteiger partial charge in [-0.3, -0.25) is 9.59 Å². The summed E-state index contributed by atoms with van der Waals surface area (Å²) in [6.07, 6.45) is 0. The molecule has 0 aliphatic carbocycles. The molecule has 122 valence electrons. The molecule has 0 aliphatic rings. The van der Waals surface area contributed by atoms with Gasteiger partial charge in [-0.25, -0.2) is 4.98 Å². The maximum absolute atomic E-state index is 12.0. The van der Waals surface area contributed by atoms with Crippen LogP contribution in [0.15, 0.2) is 58.2 Å². The van der Waals surface area contributed by atoms with Crippen molar-refractivity contribution in [3.63, 3.8) is 0 Å². The molecule has 2 aromatic carbocycles. The predicted molar refractivity (Wildman–Crippen MR) is 93.2 cm³/mol. The summed E-state index contributed by atoms with van der Waals surface area (Å²) in [4.78, 5) is 28.0. The molecular formula is C17H15N3O3S. The van der Waals surface area contributed by atoms with Crippen molar-refractivity contribution in [1.82, 2.24) is 10.3 Å². The molecule has 6 nitrogen and oxygen atoms in total. The van der Waals surface area contributed by atoms with E-state index in [1.54, 1.807) is 31.3 Å². The van der Waals surface area contributed by atoms with E-state index in [0.29, 0.717) is 22.1 Å². The summed E-state index contributed by atoms with van der Waals surface area (Å²) in [6, 6.07) is 14.2. The van der Waals surface area contributed by atoms with Crippen LogP contribution in [0.4, 0.5) is 5.69 Å². The summed E-state index contributed by atoms with van der Waals surface area (Å²) in [5.41, 5.74) is 2.51. The van der Waals surface area contributed by atoms with Crippen molar-refractivity contribution in [1.29, 1.82) is 0 Å². The Morgan fingerprint density at radius 3 is 2.79 bits per heavy atom. The first kappa shape index (κ1) is 16.1. The number of oxazole rings is 1. The Morgan fingerprint density at radius 1 is 1.17 bits per heavy atom. The van der Waals surface area contributed by atoms with E-state index in [0.717, 1.165) is 5.52 Å². The number of nitrogens with one attached hydrogen (secondary N) is 2. The van der Waals surface area contributed by atoms with E-state index in [1.165, 1.54) is 11.8 Å². The lowest BCUT2D eigenvalue weighted by Gasteiger charge is -2.06. The molecule has 0 saturated heterocycles. The third-order valence-electron chi connectivity index (χ3n) is 3.24. The Kier molecular flexibility index (Phi) is 4.81. The minimum absolute atomic E-state index is 0.164. The largest absolute Gasteiger partial charge is 0.431 e. The van der Waals surface area contributed by atoms with Gasteiger partial charge in [-0.05, 0) is 30.3 Å². The van der Waals surface area contributed by atoms with Crippen molar-refractivity contribution in [3.8, 4) is 0 Å². The molecule has 1 heterocycles. The van der Waals surface area contributed by atoms with Crippen LogP contribution in [0.25, 0.3) is 11.1 Å². The molecule has 3 rings (SSSR count). The number of hydrogen-bond donors (Lipinski definition) is 2.